The summed E-state index contributed by atoms with van der Waals surface area (Å²) in [7, 11) is -3.62. The molecule has 26 heavy (non-hydrogen) atoms. The Labute approximate surface area is 151 Å². The van der Waals surface area contributed by atoms with E-state index in [-0.39, 0.29) is 24.5 Å². The maximum Gasteiger partial charge on any atom is 0.405 e. The Balaban J connectivity index is 1.92. The van der Waals surface area contributed by atoms with E-state index in [0.717, 1.165) is 10.5 Å². The average Bonchev–Trinajstić information content (AvgIpc) is 2.52. The highest BCUT2D eigenvalue weighted by atomic mass is 32.2. The number of benzene rings is 1. The fraction of sp³-hybridized carbons (Fsp3) is 0.562. The first-order valence-electron chi connectivity index (χ1n) is 8.23. The van der Waals surface area contributed by atoms with Crippen molar-refractivity contribution in [2.75, 3.05) is 39.3 Å². The highest BCUT2D eigenvalue weighted by Crippen LogP contribution is 2.20. The number of aryl methyl sites for hydroxylation is 2. The van der Waals surface area contributed by atoms with Crippen LogP contribution >= 0.6 is 0 Å². The van der Waals surface area contributed by atoms with Crippen molar-refractivity contribution >= 4 is 15.9 Å². The number of hydrogen-bond acceptors (Lipinski definition) is 3. The molecule has 2 N–H and O–H groups in total. The molecule has 6 nitrogen and oxygen atoms in total. The predicted octanol–water partition coefficient (Wildman–Crippen LogP) is -0.129. The van der Waals surface area contributed by atoms with E-state index >= 15 is 0 Å². The second-order valence-corrected chi connectivity index (χ2v) is 8.40. The van der Waals surface area contributed by atoms with Crippen LogP contribution in [0.4, 0.5) is 13.2 Å². The number of sulfonamides is 1. The molecule has 146 valence electrons. The van der Waals surface area contributed by atoms with Crippen LogP contribution in [-0.2, 0) is 14.8 Å². The van der Waals surface area contributed by atoms with Crippen molar-refractivity contribution in [1.82, 2.24) is 9.62 Å². The van der Waals surface area contributed by atoms with Gasteiger partial charge in [-0.3, -0.25) is 4.79 Å². The van der Waals surface area contributed by atoms with Crippen LogP contribution in [0.15, 0.2) is 23.1 Å². The Kier molecular flexibility index (Phi) is 6.30. The van der Waals surface area contributed by atoms with Gasteiger partial charge in [0, 0.05) is 0 Å². The lowest BCUT2D eigenvalue weighted by Gasteiger charge is -2.31. The molecule has 1 aromatic rings. The van der Waals surface area contributed by atoms with Gasteiger partial charge in [-0.15, -0.1) is 0 Å². The molecule has 0 aromatic heterocycles. The third kappa shape index (κ3) is 5.42. The number of carbonyl (C=O) groups excluding carboxylic acids is 1. The molecule has 1 fully saturated rings. The van der Waals surface area contributed by atoms with Crippen molar-refractivity contribution in [2.24, 2.45) is 0 Å². The Hall–Kier alpha value is -1.65. The third-order valence-electron chi connectivity index (χ3n) is 4.27. The summed E-state index contributed by atoms with van der Waals surface area (Å²) in [5.41, 5.74) is 1.65. The number of nitrogens with zero attached hydrogens (tertiary/aromatic N) is 1. The molecule has 1 aliphatic heterocycles. The maximum absolute atomic E-state index is 12.8. The number of hydrogen-bond donors (Lipinski definition) is 2. The van der Waals surface area contributed by atoms with Crippen LogP contribution < -0.4 is 10.2 Å². The molecule has 0 unspecified atom stereocenters. The van der Waals surface area contributed by atoms with E-state index in [4.69, 9.17) is 0 Å². The molecular weight excluding hydrogens is 371 g/mol. The summed E-state index contributed by atoms with van der Waals surface area (Å²) in [5, 5.41) is 1.83. The number of piperazine rings is 1. The summed E-state index contributed by atoms with van der Waals surface area (Å²) in [6, 6.07) is 5.13. The molecule has 0 saturated carbocycles. The number of rotatable bonds is 5. The van der Waals surface area contributed by atoms with Crippen LogP contribution in [0.2, 0.25) is 0 Å². The molecular formula is C16H23F3N3O3S+. The maximum atomic E-state index is 12.8. The van der Waals surface area contributed by atoms with E-state index in [9.17, 15) is 26.4 Å². The van der Waals surface area contributed by atoms with E-state index in [1.807, 2.05) is 12.2 Å². The number of halogens is 3. The molecule has 1 aliphatic rings. The van der Waals surface area contributed by atoms with Crippen LogP contribution in [0, 0.1) is 13.8 Å². The topological polar surface area (TPSA) is 70.9 Å². The predicted molar refractivity (Wildman–Crippen MR) is 89.3 cm³/mol. The van der Waals surface area contributed by atoms with Gasteiger partial charge in [0.2, 0.25) is 10.0 Å². The first-order valence-corrected chi connectivity index (χ1v) is 9.67. The van der Waals surface area contributed by atoms with Crippen molar-refractivity contribution < 1.29 is 31.3 Å². The molecule has 2 rings (SSSR count). The van der Waals surface area contributed by atoms with Gasteiger partial charge in [-0.25, -0.2) is 8.42 Å². The quantitative estimate of drug-likeness (QED) is 0.731. The van der Waals surface area contributed by atoms with Crippen molar-refractivity contribution in [3.05, 3.63) is 29.3 Å². The van der Waals surface area contributed by atoms with Gasteiger partial charge in [0.25, 0.3) is 5.91 Å². The van der Waals surface area contributed by atoms with Crippen molar-refractivity contribution in [3.63, 3.8) is 0 Å². The van der Waals surface area contributed by atoms with Gasteiger partial charge >= 0.3 is 6.18 Å². The molecule has 1 amide bonds. The van der Waals surface area contributed by atoms with Crippen LogP contribution in [0.5, 0.6) is 0 Å². The summed E-state index contributed by atoms with van der Waals surface area (Å²) in [5.74, 6) is -0.692. The molecule has 0 radical (unpaired) electrons. The highest BCUT2D eigenvalue weighted by molar-refractivity contribution is 7.89. The second kappa shape index (κ2) is 7.93. The van der Waals surface area contributed by atoms with Crippen LogP contribution in [0.3, 0.4) is 0 Å². The summed E-state index contributed by atoms with van der Waals surface area (Å²) >= 11 is 0. The largest absolute Gasteiger partial charge is 0.405 e. The van der Waals surface area contributed by atoms with Gasteiger partial charge < -0.3 is 10.2 Å². The fourth-order valence-electron chi connectivity index (χ4n) is 2.94. The SMILES string of the molecule is Cc1ccc(S(=O)(=O)N2CC[NH+](CC(=O)NCC(F)(F)F)CC2)c(C)c1. The minimum Gasteiger partial charge on any atom is -0.342 e. The zero-order chi connectivity index (χ0) is 19.5. The lowest BCUT2D eigenvalue weighted by molar-refractivity contribution is -0.895. The Bertz CT molecular complexity index is 758. The van der Waals surface area contributed by atoms with E-state index in [1.54, 1.807) is 25.1 Å². The zero-order valence-corrected chi connectivity index (χ0v) is 15.5. The number of amides is 1. The molecule has 0 aliphatic carbocycles. The normalized spacial score (nSPS) is 17.3. The van der Waals surface area contributed by atoms with E-state index < -0.39 is 28.7 Å². The lowest BCUT2D eigenvalue weighted by Crippen LogP contribution is -3.15. The van der Waals surface area contributed by atoms with E-state index in [1.165, 1.54) is 4.31 Å². The first-order chi connectivity index (χ1) is 12.0. The van der Waals surface area contributed by atoms with Crippen molar-refractivity contribution in [1.29, 1.82) is 0 Å². The number of alkyl halides is 3. The Morgan fingerprint density at radius 2 is 1.85 bits per heavy atom. The van der Waals surface area contributed by atoms with E-state index in [0.29, 0.717) is 18.7 Å². The minimum absolute atomic E-state index is 0.104. The fourth-order valence-corrected chi connectivity index (χ4v) is 4.58. The highest BCUT2D eigenvalue weighted by Gasteiger charge is 2.33. The van der Waals surface area contributed by atoms with Gasteiger partial charge in [-0.05, 0) is 25.5 Å². The lowest BCUT2D eigenvalue weighted by atomic mass is 10.2. The standard InChI is InChI=1S/C16H22F3N3O3S/c1-12-3-4-14(13(2)9-12)26(24,25)22-7-5-21(6-8-22)10-15(23)20-11-16(17,18)19/h3-4,9H,5-8,10-11H2,1-2H3,(H,20,23)/p+1. The Morgan fingerprint density at radius 3 is 2.38 bits per heavy atom. The summed E-state index contributed by atoms with van der Waals surface area (Å²) < 4.78 is 63.2. The molecule has 1 heterocycles. The van der Waals surface area contributed by atoms with Crippen LogP contribution in [-0.4, -0.2) is 64.1 Å². The molecule has 1 aromatic carbocycles. The molecule has 0 spiro atoms. The second-order valence-electron chi connectivity index (χ2n) is 6.49. The Morgan fingerprint density at radius 1 is 1.23 bits per heavy atom. The van der Waals surface area contributed by atoms with Gasteiger partial charge in [0.05, 0.1) is 31.1 Å². The third-order valence-corrected chi connectivity index (χ3v) is 6.33. The number of nitrogens with one attached hydrogen (secondary N) is 2. The van der Waals surface area contributed by atoms with E-state index in [2.05, 4.69) is 0 Å². The van der Waals surface area contributed by atoms with Gasteiger partial charge in [0.1, 0.15) is 6.54 Å². The van der Waals surface area contributed by atoms with Crippen LogP contribution in [0.1, 0.15) is 11.1 Å². The minimum atomic E-state index is -4.44. The average molecular weight is 394 g/mol. The van der Waals surface area contributed by atoms with Crippen molar-refractivity contribution in [2.45, 2.75) is 24.9 Å². The summed E-state index contributed by atoms with van der Waals surface area (Å²) in [4.78, 5) is 12.6. The van der Waals surface area contributed by atoms with Crippen LogP contribution in [0.25, 0.3) is 0 Å². The number of quaternary nitrogens is 1. The summed E-state index contributed by atoms with van der Waals surface area (Å²) in [6.45, 7) is 3.34. The monoisotopic (exact) mass is 394 g/mol. The van der Waals surface area contributed by atoms with Gasteiger partial charge in [0.15, 0.2) is 6.54 Å². The van der Waals surface area contributed by atoms with Crippen molar-refractivity contribution in [3.8, 4) is 0 Å². The number of carbonyl (C=O) groups is 1. The smallest absolute Gasteiger partial charge is 0.342 e. The van der Waals surface area contributed by atoms with Gasteiger partial charge in [-0.2, -0.15) is 17.5 Å². The summed E-state index contributed by atoms with van der Waals surface area (Å²) in [6.07, 6.45) is -4.44. The molecule has 0 bridgehead atoms. The molecule has 10 heteroatoms. The molecule has 0 atom stereocenters. The molecule has 1 saturated heterocycles. The van der Waals surface area contributed by atoms with Gasteiger partial charge in [-0.1, -0.05) is 17.7 Å². The first kappa shape index (κ1) is 20.7. The zero-order valence-electron chi connectivity index (χ0n) is 14.7.